The molecule has 0 radical (unpaired) electrons. The van der Waals surface area contributed by atoms with Crippen LogP contribution in [0, 0.1) is 11.8 Å². The van der Waals surface area contributed by atoms with Crippen molar-refractivity contribution in [1.29, 1.82) is 0 Å². The molecule has 0 saturated carbocycles. The van der Waals surface area contributed by atoms with Gasteiger partial charge in [-0.15, -0.1) is 0 Å². The van der Waals surface area contributed by atoms with Gasteiger partial charge in [-0.25, -0.2) is 4.79 Å². The molecule has 7 heteroatoms. The number of hydrogen-bond donors (Lipinski definition) is 2. The second kappa shape index (κ2) is 12.5. The summed E-state index contributed by atoms with van der Waals surface area (Å²) in [7, 11) is 0. The third-order valence-electron chi connectivity index (χ3n) is 6.63. The minimum atomic E-state index is -0.771. The maximum Gasteiger partial charge on any atom is 0.407 e. The molecule has 2 fully saturated rings. The highest BCUT2D eigenvalue weighted by Gasteiger charge is 2.44. The highest BCUT2D eigenvalue weighted by molar-refractivity contribution is 5.68. The molecule has 2 N–H and O–H groups in total. The van der Waals surface area contributed by atoms with Gasteiger partial charge in [-0.1, -0.05) is 74.5 Å². The largest absolute Gasteiger partial charge is 0.443 e. The standard InChI is InChI=1S/C28H38N2O5/c1-20(2)16-30(17-22-11-7-4-8-12-22)18-25(31)24(15-21-9-5-3-6-10-21)29-28(32)35-26-19-34-27-23(26)13-14-33-27/h3-12,20,23-27,31H,13-19H2,1-2H3,(H,29,32)/t23-,24+,25-,26-,27+/m1/s1. The number of ether oxygens (including phenoxy) is 3. The smallest absolute Gasteiger partial charge is 0.407 e. The Morgan fingerprint density at radius 2 is 1.74 bits per heavy atom. The first kappa shape index (κ1) is 25.6. The number of fused-ring (bicyclic) bond motifs is 1. The number of nitrogens with zero attached hydrogens (tertiary/aromatic N) is 1. The summed E-state index contributed by atoms with van der Waals surface area (Å²) in [6, 6.07) is 19.7. The number of aliphatic hydroxyl groups excluding tert-OH is 1. The van der Waals surface area contributed by atoms with Crippen molar-refractivity contribution in [3.63, 3.8) is 0 Å². The van der Waals surface area contributed by atoms with Crippen LogP contribution in [0.2, 0.25) is 0 Å². The average Bonchev–Trinajstić information content (AvgIpc) is 3.45. The second-order valence-corrected chi connectivity index (χ2v) is 10.1. The molecule has 190 valence electrons. The molecule has 4 rings (SSSR count). The van der Waals surface area contributed by atoms with Gasteiger partial charge in [0.2, 0.25) is 0 Å². The van der Waals surface area contributed by atoms with Gasteiger partial charge in [0.15, 0.2) is 6.29 Å². The summed E-state index contributed by atoms with van der Waals surface area (Å²) in [5.41, 5.74) is 2.24. The van der Waals surface area contributed by atoms with E-state index in [0.29, 0.717) is 32.1 Å². The van der Waals surface area contributed by atoms with E-state index in [4.69, 9.17) is 14.2 Å². The highest BCUT2D eigenvalue weighted by Crippen LogP contribution is 2.33. The predicted octanol–water partition coefficient (Wildman–Crippen LogP) is 3.60. The summed E-state index contributed by atoms with van der Waals surface area (Å²) in [5, 5.41) is 14.3. The molecule has 0 aromatic heterocycles. The molecule has 0 aliphatic carbocycles. The summed E-state index contributed by atoms with van der Waals surface area (Å²) in [4.78, 5) is 15.1. The fourth-order valence-electron chi connectivity index (χ4n) is 4.98. The summed E-state index contributed by atoms with van der Waals surface area (Å²) < 4.78 is 16.9. The van der Waals surface area contributed by atoms with Crippen LogP contribution in [0.5, 0.6) is 0 Å². The molecule has 35 heavy (non-hydrogen) atoms. The van der Waals surface area contributed by atoms with Gasteiger partial charge in [0.1, 0.15) is 6.10 Å². The van der Waals surface area contributed by atoms with Gasteiger partial charge in [0.25, 0.3) is 0 Å². The van der Waals surface area contributed by atoms with Crippen LogP contribution in [-0.4, -0.2) is 66.9 Å². The first-order valence-electron chi connectivity index (χ1n) is 12.7. The molecular weight excluding hydrogens is 444 g/mol. The predicted molar refractivity (Wildman–Crippen MR) is 134 cm³/mol. The molecule has 2 aliphatic rings. The Labute approximate surface area is 208 Å². The fraction of sp³-hybridized carbons (Fsp3) is 0.536. The first-order chi connectivity index (χ1) is 17.0. The number of carbonyl (C=O) groups excluding carboxylic acids is 1. The Balaban J connectivity index is 1.42. The van der Waals surface area contributed by atoms with E-state index in [1.807, 2.05) is 48.5 Å². The van der Waals surface area contributed by atoms with E-state index in [-0.39, 0.29) is 18.3 Å². The first-order valence-corrected chi connectivity index (χ1v) is 12.7. The van der Waals surface area contributed by atoms with E-state index in [9.17, 15) is 9.90 Å². The van der Waals surface area contributed by atoms with Gasteiger partial charge in [0.05, 0.1) is 31.3 Å². The molecule has 2 aromatic carbocycles. The van der Waals surface area contributed by atoms with E-state index >= 15 is 0 Å². The maximum atomic E-state index is 12.9. The van der Waals surface area contributed by atoms with Crippen molar-refractivity contribution in [2.24, 2.45) is 11.8 Å². The van der Waals surface area contributed by atoms with Crippen LogP contribution in [0.4, 0.5) is 4.79 Å². The number of carbonyl (C=O) groups is 1. The summed E-state index contributed by atoms with van der Waals surface area (Å²) >= 11 is 0. The van der Waals surface area contributed by atoms with Crippen molar-refractivity contribution in [3.8, 4) is 0 Å². The SMILES string of the molecule is CC(C)CN(Cc1ccccc1)C[C@@H](O)[C@H](Cc1ccccc1)NC(=O)O[C@@H]1CO[C@@H]2OCC[C@@H]21. The molecule has 2 aromatic rings. The van der Waals surface area contributed by atoms with E-state index in [0.717, 1.165) is 25.1 Å². The van der Waals surface area contributed by atoms with E-state index in [1.54, 1.807) is 0 Å². The van der Waals surface area contributed by atoms with Crippen molar-refractivity contribution < 1.29 is 24.1 Å². The van der Waals surface area contributed by atoms with E-state index in [1.165, 1.54) is 5.56 Å². The monoisotopic (exact) mass is 482 g/mol. The van der Waals surface area contributed by atoms with Gasteiger partial charge >= 0.3 is 6.09 Å². The van der Waals surface area contributed by atoms with Gasteiger partial charge in [-0.2, -0.15) is 0 Å². The number of nitrogens with one attached hydrogen (secondary N) is 1. The lowest BCUT2D eigenvalue weighted by molar-refractivity contribution is -0.0907. The summed E-state index contributed by atoms with van der Waals surface area (Å²) in [6.45, 7) is 7.33. The number of aliphatic hydroxyl groups is 1. The zero-order valence-corrected chi connectivity index (χ0v) is 20.7. The second-order valence-electron chi connectivity index (χ2n) is 10.1. The lowest BCUT2D eigenvalue weighted by Crippen LogP contribution is -2.50. The third kappa shape index (κ3) is 7.51. The molecule has 0 bridgehead atoms. The molecule has 5 atom stereocenters. The topological polar surface area (TPSA) is 80.3 Å². The molecule has 2 saturated heterocycles. The highest BCUT2D eigenvalue weighted by atomic mass is 16.7. The van der Waals surface area contributed by atoms with Crippen LogP contribution in [0.25, 0.3) is 0 Å². The fourth-order valence-corrected chi connectivity index (χ4v) is 4.98. The third-order valence-corrected chi connectivity index (χ3v) is 6.63. The summed E-state index contributed by atoms with van der Waals surface area (Å²) in [5.74, 6) is 0.519. The Hall–Kier alpha value is -2.45. The quantitative estimate of drug-likeness (QED) is 0.509. The number of amides is 1. The lowest BCUT2D eigenvalue weighted by atomic mass is 10.00. The van der Waals surface area contributed by atoms with Crippen molar-refractivity contribution >= 4 is 6.09 Å². The lowest BCUT2D eigenvalue weighted by Gasteiger charge is -2.31. The minimum absolute atomic E-state index is 0.0747. The molecular formula is C28H38N2O5. The summed E-state index contributed by atoms with van der Waals surface area (Å²) in [6.07, 6.45) is -0.567. The normalized spacial score (nSPS) is 23.3. The Morgan fingerprint density at radius 3 is 2.43 bits per heavy atom. The molecule has 0 unspecified atom stereocenters. The molecule has 7 nitrogen and oxygen atoms in total. The van der Waals surface area contributed by atoms with Crippen LogP contribution in [0.15, 0.2) is 60.7 Å². The van der Waals surface area contributed by atoms with Crippen LogP contribution in [0.1, 0.15) is 31.4 Å². The maximum absolute atomic E-state index is 12.9. The molecule has 2 heterocycles. The van der Waals surface area contributed by atoms with Crippen molar-refractivity contribution in [2.75, 3.05) is 26.3 Å². The van der Waals surface area contributed by atoms with Gasteiger partial charge in [0, 0.05) is 19.6 Å². The number of benzene rings is 2. The van der Waals surface area contributed by atoms with Crippen LogP contribution < -0.4 is 5.32 Å². The molecule has 0 spiro atoms. The Morgan fingerprint density at radius 1 is 1.06 bits per heavy atom. The van der Waals surface area contributed by atoms with Crippen LogP contribution in [-0.2, 0) is 27.2 Å². The minimum Gasteiger partial charge on any atom is -0.443 e. The van der Waals surface area contributed by atoms with E-state index in [2.05, 4.69) is 36.2 Å². The van der Waals surface area contributed by atoms with Crippen LogP contribution >= 0.6 is 0 Å². The molecule has 2 aliphatic heterocycles. The van der Waals surface area contributed by atoms with Gasteiger partial charge in [-0.3, -0.25) is 4.90 Å². The van der Waals surface area contributed by atoms with Crippen LogP contribution in [0.3, 0.4) is 0 Å². The zero-order valence-electron chi connectivity index (χ0n) is 20.7. The Kier molecular flexibility index (Phi) is 9.15. The molecule has 1 amide bonds. The number of rotatable bonds is 11. The van der Waals surface area contributed by atoms with Crippen molar-refractivity contribution in [3.05, 3.63) is 71.8 Å². The Bertz CT molecular complexity index is 910. The van der Waals surface area contributed by atoms with Crippen molar-refractivity contribution in [2.45, 2.75) is 57.8 Å². The van der Waals surface area contributed by atoms with E-state index < -0.39 is 18.2 Å². The average molecular weight is 483 g/mol. The van der Waals surface area contributed by atoms with Crippen molar-refractivity contribution in [1.82, 2.24) is 10.2 Å². The van der Waals surface area contributed by atoms with Gasteiger partial charge < -0.3 is 24.6 Å². The van der Waals surface area contributed by atoms with Gasteiger partial charge in [-0.05, 0) is 29.9 Å². The zero-order chi connectivity index (χ0) is 24.6. The number of alkyl carbamates (subject to hydrolysis) is 1. The number of hydrogen-bond acceptors (Lipinski definition) is 6.